The number of rotatable bonds is 9. The van der Waals surface area contributed by atoms with Gasteiger partial charge in [0.2, 0.25) is 5.95 Å². The average Bonchev–Trinajstić information content (AvgIpc) is 3.78. The SMILES string of the molecule is CC(C)(C)C=C(C#N)C(=O)N1CCC[C@@H]1Cn1c(NC(=O)c2ccc(-n3cccn3)s2)nc2cc(CNCC(C)(C)C)ccc21. The van der Waals surface area contributed by atoms with E-state index in [2.05, 4.69) is 54.7 Å². The first-order valence-electron chi connectivity index (χ1n) is 15.4. The molecule has 45 heavy (non-hydrogen) atoms. The Morgan fingerprint density at radius 2 is 1.96 bits per heavy atom. The second kappa shape index (κ2) is 13.0. The van der Waals surface area contributed by atoms with Gasteiger partial charge in [0.05, 0.1) is 22.0 Å². The molecule has 4 heterocycles. The molecule has 1 aliphatic heterocycles. The van der Waals surface area contributed by atoms with E-state index in [0.717, 1.165) is 41.0 Å². The molecule has 3 aromatic heterocycles. The minimum Gasteiger partial charge on any atom is -0.333 e. The summed E-state index contributed by atoms with van der Waals surface area (Å²) in [7, 11) is 0. The van der Waals surface area contributed by atoms with E-state index in [-0.39, 0.29) is 34.3 Å². The quantitative estimate of drug-likeness (QED) is 0.170. The maximum Gasteiger partial charge on any atom is 0.268 e. The standard InChI is InChI=1S/C34H42N8O2S/c1-33(2,3)18-24(19-35)31(44)40-15-7-9-25(40)21-41-27-11-10-23(20-36-22-34(4,5)6)17-26(27)38-32(41)39-30(43)28-12-13-29(45-28)42-16-8-14-37-42/h8,10-14,16-18,25,36H,7,9,15,20-22H2,1-6H3,(H,38,39,43)/t25-/m1/s1. The fraction of sp³-hybridized carbons (Fsp3) is 0.441. The Labute approximate surface area is 268 Å². The molecular weight excluding hydrogens is 584 g/mol. The largest absolute Gasteiger partial charge is 0.333 e. The minimum absolute atomic E-state index is 0.149. The molecule has 0 saturated carbocycles. The zero-order valence-corrected chi connectivity index (χ0v) is 27.7. The number of anilines is 1. The summed E-state index contributed by atoms with van der Waals surface area (Å²) in [6.07, 6.45) is 6.92. The van der Waals surface area contributed by atoms with Crippen LogP contribution in [0.4, 0.5) is 5.95 Å². The van der Waals surface area contributed by atoms with E-state index in [1.54, 1.807) is 27.9 Å². The normalized spacial score (nSPS) is 15.9. The number of likely N-dealkylation sites (tertiary alicyclic amines) is 1. The zero-order chi connectivity index (χ0) is 32.4. The third kappa shape index (κ3) is 7.88. The minimum atomic E-state index is -0.299. The van der Waals surface area contributed by atoms with Gasteiger partial charge in [0.1, 0.15) is 16.6 Å². The fourth-order valence-corrected chi connectivity index (χ4v) is 6.36. The van der Waals surface area contributed by atoms with Gasteiger partial charge in [-0.3, -0.25) is 14.9 Å². The van der Waals surface area contributed by atoms with Crippen molar-refractivity contribution in [1.29, 1.82) is 5.26 Å². The Balaban J connectivity index is 1.45. The van der Waals surface area contributed by atoms with E-state index in [1.165, 1.54) is 11.3 Å². The number of amides is 2. The predicted molar refractivity (Wildman–Crippen MR) is 178 cm³/mol. The van der Waals surface area contributed by atoms with Crippen molar-refractivity contribution >= 4 is 40.1 Å². The number of nitrogens with one attached hydrogen (secondary N) is 2. The molecule has 5 rings (SSSR count). The molecule has 0 aliphatic carbocycles. The summed E-state index contributed by atoms with van der Waals surface area (Å²) in [4.78, 5) is 34.3. The number of nitriles is 1. The predicted octanol–water partition coefficient (Wildman–Crippen LogP) is 6.16. The first-order chi connectivity index (χ1) is 21.3. The highest BCUT2D eigenvalue weighted by molar-refractivity contribution is 7.16. The summed E-state index contributed by atoms with van der Waals surface area (Å²) in [6.45, 7) is 15.1. The second-order valence-electron chi connectivity index (χ2n) is 13.9. The second-order valence-corrected chi connectivity index (χ2v) is 15.0. The molecular formula is C34H42N8O2S. The van der Waals surface area contributed by atoms with Gasteiger partial charge >= 0.3 is 0 Å². The van der Waals surface area contributed by atoms with Crippen LogP contribution in [0.15, 0.2) is 60.4 Å². The molecule has 1 fully saturated rings. The Kier molecular flexibility index (Phi) is 9.28. The first kappa shape index (κ1) is 32.1. The van der Waals surface area contributed by atoms with Crippen LogP contribution in [0.25, 0.3) is 16.0 Å². The molecule has 0 unspecified atom stereocenters. The summed E-state index contributed by atoms with van der Waals surface area (Å²) in [5.74, 6) is -0.0861. The monoisotopic (exact) mass is 626 g/mol. The summed E-state index contributed by atoms with van der Waals surface area (Å²) in [6, 6.07) is 13.6. The molecule has 1 atom stereocenters. The van der Waals surface area contributed by atoms with Crippen LogP contribution < -0.4 is 10.6 Å². The highest BCUT2D eigenvalue weighted by atomic mass is 32.1. The van der Waals surface area contributed by atoms with Gasteiger partial charge in [-0.1, -0.05) is 53.7 Å². The third-order valence-corrected chi connectivity index (χ3v) is 8.60. The lowest BCUT2D eigenvalue weighted by Crippen LogP contribution is -2.39. The van der Waals surface area contributed by atoms with Crippen molar-refractivity contribution in [2.24, 2.45) is 10.8 Å². The summed E-state index contributed by atoms with van der Waals surface area (Å²) < 4.78 is 3.72. The molecule has 4 aromatic rings. The third-order valence-electron chi connectivity index (χ3n) is 7.53. The molecule has 1 aliphatic rings. The number of fused-ring (bicyclic) bond motifs is 1. The van der Waals surface area contributed by atoms with Gasteiger partial charge < -0.3 is 14.8 Å². The van der Waals surface area contributed by atoms with E-state index in [9.17, 15) is 14.9 Å². The van der Waals surface area contributed by atoms with Crippen molar-refractivity contribution in [3.05, 3.63) is 70.9 Å². The van der Waals surface area contributed by atoms with Crippen LogP contribution in [-0.4, -0.2) is 55.2 Å². The Bertz CT molecular complexity index is 1740. The molecule has 10 nitrogen and oxygen atoms in total. The molecule has 0 bridgehead atoms. The van der Waals surface area contributed by atoms with E-state index >= 15 is 0 Å². The molecule has 236 valence electrons. The van der Waals surface area contributed by atoms with E-state index in [0.29, 0.717) is 30.5 Å². The maximum absolute atomic E-state index is 13.5. The van der Waals surface area contributed by atoms with Crippen LogP contribution in [-0.2, 0) is 17.9 Å². The summed E-state index contributed by atoms with van der Waals surface area (Å²) >= 11 is 1.34. The number of imidazole rings is 1. The molecule has 1 aromatic carbocycles. The summed E-state index contributed by atoms with van der Waals surface area (Å²) in [5, 5.41) is 21.5. The van der Waals surface area contributed by atoms with Crippen LogP contribution in [0.5, 0.6) is 0 Å². The number of aromatic nitrogens is 4. The fourth-order valence-electron chi connectivity index (χ4n) is 5.52. The van der Waals surface area contributed by atoms with Crippen LogP contribution >= 0.6 is 11.3 Å². The summed E-state index contributed by atoms with van der Waals surface area (Å²) in [5.41, 5.74) is 2.77. The number of carbonyl (C=O) groups is 2. The van der Waals surface area contributed by atoms with Gasteiger partial charge in [-0.25, -0.2) is 9.67 Å². The van der Waals surface area contributed by atoms with Gasteiger partial charge in [0.15, 0.2) is 0 Å². The first-order valence-corrected chi connectivity index (χ1v) is 16.2. The number of thiophene rings is 1. The Morgan fingerprint density at radius 1 is 1.16 bits per heavy atom. The molecule has 0 radical (unpaired) electrons. The molecule has 0 spiro atoms. The van der Waals surface area contributed by atoms with Crippen LogP contribution in [0.2, 0.25) is 0 Å². The maximum atomic E-state index is 13.5. The lowest BCUT2D eigenvalue weighted by molar-refractivity contribution is -0.127. The lowest BCUT2D eigenvalue weighted by atomic mass is 9.93. The Morgan fingerprint density at radius 3 is 2.64 bits per heavy atom. The number of carbonyl (C=O) groups excluding carboxylic acids is 2. The Hall–Kier alpha value is -4.27. The molecule has 2 amide bonds. The number of hydrogen-bond acceptors (Lipinski definition) is 7. The average molecular weight is 627 g/mol. The highest BCUT2D eigenvalue weighted by Crippen LogP contribution is 2.29. The van der Waals surface area contributed by atoms with Gasteiger partial charge in [-0.2, -0.15) is 10.4 Å². The van der Waals surface area contributed by atoms with E-state index in [4.69, 9.17) is 4.98 Å². The van der Waals surface area contributed by atoms with Gasteiger partial charge in [0.25, 0.3) is 11.8 Å². The zero-order valence-electron chi connectivity index (χ0n) is 26.9. The van der Waals surface area contributed by atoms with E-state index < -0.39 is 0 Å². The molecule has 2 N–H and O–H groups in total. The van der Waals surface area contributed by atoms with Crippen molar-refractivity contribution < 1.29 is 9.59 Å². The number of hydrogen-bond donors (Lipinski definition) is 2. The van der Waals surface area contributed by atoms with E-state index in [1.807, 2.05) is 49.7 Å². The van der Waals surface area contributed by atoms with Crippen LogP contribution in [0.3, 0.4) is 0 Å². The number of benzene rings is 1. The number of allylic oxidation sites excluding steroid dienone is 1. The van der Waals surface area contributed by atoms with Crippen molar-refractivity contribution in [2.45, 2.75) is 73.5 Å². The highest BCUT2D eigenvalue weighted by Gasteiger charge is 2.32. The van der Waals surface area contributed by atoms with Crippen LogP contribution in [0.1, 0.15) is 69.6 Å². The van der Waals surface area contributed by atoms with Crippen LogP contribution in [0, 0.1) is 22.2 Å². The van der Waals surface area contributed by atoms with Gasteiger partial charge in [0, 0.05) is 38.6 Å². The number of nitrogens with zero attached hydrogens (tertiary/aromatic N) is 6. The van der Waals surface area contributed by atoms with Crippen molar-refractivity contribution in [3.63, 3.8) is 0 Å². The smallest absolute Gasteiger partial charge is 0.268 e. The molecule has 11 heteroatoms. The van der Waals surface area contributed by atoms with Crippen molar-refractivity contribution in [3.8, 4) is 11.1 Å². The van der Waals surface area contributed by atoms with Gasteiger partial charge in [-0.15, -0.1) is 11.3 Å². The lowest BCUT2D eigenvalue weighted by Gasteiger charge is -2.26. The van der Waals surface area contributed by atoms with Crippen molar-refractivity contribution in [2.75, 3.05) is 18.4 Å². The van der Waals surface area contributed by atoms with Crippen molar-refractivity contribution in [1.82, 2.24) is 29.5 Å². The molecule has 1 saturated heterocycles. The van der Waals surface area contributed by atoms with Gasteiger partial charge in [-0.05, 0) is 59.6 Å². The topological polar surface area (TPSA) is 121 Å².